The molecule has 0 aromatic carbocycles. The van der Waals surface area contributed by atoms with Crippen LogP contribution in [-0.2, 0) is 6.54 Å². The van der Waals surface area contributed by atoms with Crippen molar-refractivity contribution in [3.63, 3.8) is 0 Å². The van der Waals surface area contributed by atoms with Crippen LogP contribution in [0.5, 0.6) is 5.88 Å². The molecule has 6 rings (SSSR count). The first kappa shape index (κ1) is 23.2. The van der Waals surface area contributed by atoms with Crippen LogP contribution in [0.3, 0.4) is 0 Å². The lowest BCUT2D eigenvalue weighted by atomic mass is 9.94. The van der Waals surface area contributed by atoms with Crippen molar-refractivity contribution in [1.29, 1.82) is 5.26 Å². The third kappa shape index (κ3) is 4.03. The van der Waals surface area contributed by atoms with E-state index in [2.05, 4.69) is 51.9 Å². The standard InChI is InChI=1S/C25H21BrN10O/c1-37-23-5-2-15(8-30-23)11-34-13-20(32-33-28)25-21(34)14-35(25)22-4-3-16(9-29-22)19-6-18(26)12-36-24(19)17(7-27)10-31-36/h2-6,8-10,12,20-21,25H,11,13-14H2,1H3/t20-,21-,25-/m0/s1. The van der Waals surface area contributed by atoms with Crippen LogP contribution >= 0.6 is 15.9 Å². The van der Waals surface area contributed by atoms with E-state index in [1.54, 1.807) is 17.8 Å². The Morgan fingerprint density at radius 3 is 2.81 bits per heavy atom. The Kier molecular flexibility index (Phi) is 5.88. The van der Waals surface area contributed by atoms with Gasteiger partial charge in [0.15, 0.2) is 0 Å². The number of hydrogen-bond acceptors (Lipinski definition) is 8. The van der Waals surface area contributed by atoms with Crippen LogP contribution in [0.2, 0.25) is 0 Å². The molecule has 37 heavy (non-hydrogen) atoms. The van der Waals surface area contributed by atoms with Crippen molar-refractivity contribution in [1.82, 2.24) is 24.5 Å². The van der Waals surface area contributed by atoms with E-state index in [1.165, 1.54) is 0 Å². The highest BCUT2D eigenvalue weighted by atomic mass is 79.9. The summed E-state index contributed by atoms with van der Waals surface area (Å²) in [5.74, 6) is 1.41. The molecule has 0 amide bonds. The Labute approximate surface area is 220 Å². The van der Waals surface area contributed by atoms with E-state index in [9.17, 15) is 10.8 Å². The number of anilines is 1. The van der Waals surface area contributed by atoms with Gasteiger partial charge in [-0.3, -0.25) is 4.90 Å². The zero-order chi connectivity index (χ0) is 25.5. The van der Waals surface area contributed by atoms with Gasteiger partial charge in [-0.25, -0.2) is 14.5 Å². The van der Waals surface area contributed by atoms with Crippen LogP contribution in [0.25, 0.3) is 27.1 Å². The lowest BCUT2D eigenvalue weighted by Gasteiger charge is -2.48. The largest absolute Gasteiger partial charge is 0.481 e. The van der Waals surface area contributed by atoms with E-state index in [0.717, 1.165) is 45.6 Å². The molecule has 0 N–H and O–H groups in total. The lowest BCUT2D eigenvalue weighted by molar-refractivity contribution is 0.194. The summed E-state index contributed by atoms with van der Waals surface area (Å²) < 4.78 is 7.71. The molecule has 0 aliphatic carbocycles. The smallest absolute Gasteiger partial charge is 0.212 e. The van der Waals surface area contributed by atoms with Crippen molar-refractivity contribution in [2.24, 2.45) is 5.11 Å². The fraction of sp³-hybridized carbons (Fsp3) is 0.280. The number of likely N-dealkylation sites (tertiary alicyclic amines) is 1. The van der Waals surface area contributed by atoms with Crippen LogP contribution < -0.4 is 9.64 Å². The summed E-state index contributed by atoms with van der Waals surface area (Å²) in [6, 6.07) is 12.2. The Morgan fingerprint density at radius 2 is 2.11 bits per heavy atom. The van der Waals surface area contributed by atoms with Crippen molar-refractivity contribution >= 4 is 27.3 Å². The molecule has 12 heteroatoms. The summed E-state index contributed by atoms with van der Waals surface area (Å²) in [6.07, 6.45) is 7.03. The van der Waals surface area contributed by atoms with Crippen LogP contribution in [0.1, 0.15) is 11.1 Å². The fourth-order valence-electron chi connectivity index (χ4n) is 5.35. The predicted octanol–water partition coefficient (Wildman–Crippen LogP) is 4.19. The number of nitriles is 1. The van der Waals surface area contributed by atoms with E-state index >= 15 is 0 Å². The van der Waals surface area contributed by atoms with Crippen molar-refractivity contribution in [3.8, 4) is 23.1 Å². The van der Waals surface area contributed by atoms with E-state index in [-0.39, 0.29) is 18.1 Å². The van der Waals surface area contributed by atoms with Gasteiger partial charge in [-0.15, -0.1) is 0 Å². The van der Waals surface area contributed by atoms with E-state index < -0.39 is 0 Å². The number of pyridine rings is 3. The van der Waals surface area contributed by atoms with E-state index in [1.807, 2.05) is 48.9 Å². The Bertz CT molecular complexity index is 1560. The molecule has 0 bridgehead atoms. The first-order valence-corrected chi connectivity index (χ1v) is 12.5. The molecule has 2 fully saturated rings. The monoisotopic (exact) mass is 556 g/mol. The van der Waals surface area contributed by atoms with Gasteiger partial charge in [-0.1, -0.05) is 11.2 Å². The van der Waals surface area contributed by atoms with Crippen molar-refractivity contribution < 1.29 is 4.74 Å². The fourth-order valence-corrected chi connectivity index (χ4v) is 5.77. The molecule has 2 aliphatic rings. The van der Waals surface area contributed by atoms with Gasteiger partial charge in [-0.05, 0) is 45.2 Å². The third-order valence-electron chi connectivity index (χ3n) is 7.07. The van der Waals surface area contributed by atoms with Gasteiger partial charge in [0, 0.05) is 70.8 Å². The molecule has 11 nitrogen and oxygen atoms in total. The second-order valence-corrected chi connectivity index (χ2v) is 9.98. The second-order valence-electron chi connectivity index (χ2n) is 9.06. The number of nitrogens with zero attached hydrogens (tertiary/aromatic N) is 10. The number of rotatable bonds is 6. The maximum Gasteiger partial charge on any atom is 0.212 e. The number of aromatic nitrogens is 4. The molecule has 0 saturated carbocycles. The predicted molar refractivity (Wildman–Crippen MR) is 140 cm³/mol. The number of methoxy groups -OCH3 is 1. The number of fused-ring (bicyclic) bond motifs is 2. The van der Waals surface area contributed by atoms with Gasteiger partial charge in [0.05, 0.1) is 36.5 Å². The van der Waals surface area contributed by atoms with Gasteiger partial charge in [0.25, 0.3) is 0 Å². The molecule has 6 heterocycles. The topological polar surface area (TPSA) is 131 Å². The average molecular weight is 557 g/mol. The molecule has 0 radical (unpaired) electrons. The average Bonchev–Trinajstić information content (AvgIpc) is 3.42. The van der Waals surface area contributed by atoms with Gasteiger partial charge in [-0.2, -0.15) is 10.4 Å². The highest BCUT2D eigenvalue weighted by molar-refractivity contribution is 9.10. The summed E-state index contributed by atoms with van der Waals surface area (Å²) in [6.45, 7) is 2.19. The van der Waals surface area contributed by atoms with Crippen molar-refractivity contribution in [2.45, 2.75) is 24.7 Å². The Morgan fingerprint density at radius 1 is 1.22 bits per heavy atom. The number of halogens is 1. The van der Waals surface area contributed by atoms with Gasteiger partial charge in [0.2, 0.25) is 5.88 Å². The Hall–Kier alpha value is -4.17. The summed E-state index contributed by atoms with van der Waals surface area (Å²) in [4.78, 5) is 16.7. The minimum atomic E-state index is -0.175. The van der Waals surface area contributed by atoms with Crippen LogP contribution in [0.4, 0.5) is 5.82 Å². The molecular formula is C25H21BrN10O. The Balaban J connectivity index is 1.24. The molecule has 2 saturated heterocycles. The molecular weight excluding hydrogens is 536 g/mol. The third-order valence-corrected chi connectivity index (χ3v) is 7.50. The summed E-state index contributed by atoms with van der Waals surface area (Å²) in [5, 5.41) is 17.9. The quantitative estimate of drug-likeness (QED) is 0.197. The molecule has 3 atom stereocenters. The van der Waals surface area contributed by atoms with Crippen LogP contribution in [0.15, 0.2) is 64.7 Å². The van der Waals surface area contributed by atoms with Gasteiger partial charge in [0.1, 0.15) is 11.9 Å². The lowest BCUT2D eigenvalue weighted by Crippen LogP contribution is -2.64. The maximum atomic E-state index is 9.53. The van der Waals surface area contributed by atoms with Crippen LogP contribution in [-0.4, -0.2) is 62.8 Å². The molecule has 4 aromatic heterocycles. The first-order chi connectivity index (χ1) is 18.1. The molecule has 0 spiro atoms. The minimum absolute atomic E-state index is 0.0538. The molecule has 2 aliphatic heterocycles. The molecule has 4 aromatic rings. The second kappa shape index (κ2) is 9.37. The summed E-state index contributed by atoms with van der Waals surface area (Å²) in [5.41, 5.74) is 13.3. The summed E-state index contributed by atoms with van der Waals surface area (Å²) in [7, 11) is 1.60. The van der Waals surface area contributed by atoms with Crippen LogP contribution in [0, 0.1) is 11.3 Å². The first-order valence-electron chi connectivity index (χ1n) is 11.7. The zero-order valence-corrected chi connectivity index (χ0v) is 21.4. The normalized spacial score (nSPS) is 20.7. The zero-order valence-electron chi connectivity index (χ0n) is 19.8. The van der Waals surface area contributed by atoms with E-state index in [4.69, 9.17) is 9.72 Å². The van der Waals surface area contributed by atoms with Crippen molar-refractivity contribution in [3.05, 3.63) is 81.2 Å². The van der Waals surface area contributed by atoms with Gasteiger partial charge < -0.3 is 9.64 Å². The SMILES string of the molecule is COc1ccc(CN2C[C@H](N=[N+]=[N-])[C@H]3[C@@H]2CN3c2ccc(-c3cc(Br)cn4ncc(C#N)c34)cn2)cn1. The number of hydrogen-bond donors (Lipinski definition) is 0. The van der Waals surface area contributed by atoms with Crippen molar-refractivity contribution in [2.75, 3.05) is 25.1 Å². The number of azide groups is 1. The van der Waals surface area contributed by atoms with Gasteiger partial charge >= 0.3 is 0 Å². The minimum Gasteiger partial charge on any atom is -0.481 e. The summed E-state index contributed by atoms with van der Waals surface area (Å²) >= 11 is 3.53. The van der Waals surface area contributed by atoms with E-state index in [0.29, 0.717) is 18.0 Å². The molecule has 184 valence electrons. The highest BCUT2D eigenvalue weighted by Crippen LogP contribution is 2.39. The highest BCUT2D eigenvalue weighted by Gasteiger charge is 2.52. The maximum absolute atomic E-state index is 9.53. The molecule has 0 unspecified atom stereocenters. The number of ether oxygens (including phenoxy) is 1.